The summed E-state index contributed by atoms with van der Waals surface area (Å²) in [7, 11) is 2.22. The van der Waals surface area contributed by atoms with Gasteiger partial charge < -0.3 is 30.9 Å². The lowest BCUT2D eigenvalue weighted by molar-refractivity contribution is 0.0904. The summed E-state index contributed by atoms with van der Waals surface area (Å²) in [6.07, 6.45) is 6.54. The summed E-state index contributed by atoms with van der Waals surface area (Å²) < 4.78 is 5.56. The number of nitrogens with zero attached hydrogens (tertiary/aromatic N) is 6. The van der Waals surface area contributed by atoms with Crippen molar-refractivity contribution in [2.24, 2.45) is 5.73 Å². The molecule has 0 atom stereocenters. The van der Waals surface area contributed by atoms with Crippen molar-refractivity contribution in [2.45, 2.75) is 63.5 Å². The van der Waals surface area contributed by atoms with Crippen molar-refractivity contribution < 1.29 is 9.53 Å². The number of aromatic amines is 1. The van der Waals surface area contributed by atoms with Crippen molar-refractivity contribution in [1.29, 1.82) is 0 Å². The Morgan fingerprint density at radius 2 is 1.71 bits per heavy atom. The largest absolute Gasteiger partial charge is 0.381 e. The molecule has 7 rings (SSSR count). The lowest BCUT2D eigenvalue weighted by Crippen LogP contribution is -2.52. The number of piperazine rings is 1. The van der Waals surface area contributed by atoms with Gasteiger partial charge in [-0.1, -0.05) is 0 Å². The van der Waals surface area contributed by atoms with Crippen LogP contribution < -0.4 is 21.3 Å². The molecule has 4 fully saturated rings. The maximum Gasteiger partial charge on any atom is 0.271 e. The highest BCUT2D eigenvalue weighted by molar-refractivity contribution is 5.97. The number of primary amides is 1. The molecule has 5 N–H and O–H groups in total. The van der Waals surface area contributed by atoms with Crippen molar-refractivity contribution in [1.82, 2.24) is 30.0 Å². The molecule has 2 aromatic heterocycles. The van der Waals surface area contributed by atoms with Gasteiger partial charge in [-0.2, -0.15) is 5.10 Å². The number of nitrogens with one attached hydrogen (secondary N) is 3. The molecular weight excluding hydrogens is 568 g/mol. The van der Waals surface area contributed by atoms with Crippen molar-refractivity contribution in [3.05, 3.63) is 41.2 Å². The molecule has 3 aliphatic heterocycles. The van der Waals surface area contributed by atoms with Gasteiger partial charge in [-0.25, -0.2) is 9.97 Å². The molecule has 240 valence electrons. The minimum Gasteiger partial charge on any atom is -0.381 e. The van der Waals surface area contributed by atoms with Gasteiger partial charge in [-0.3, -0.25) is 14.8 Å². The van der Waals surface area contributed by atoms with Gasteiger partial charge in [0.2, 0.25) is 0 Å². The number of amides is 1. The van der Waals surface area contributed by atoms with E-state index in [4.69, 9.17) is 20.4 Å². The third-order valence-electron chi connectivity index (χ3n) is 9.81. The van der Waals surface area contributed by atoms with Gasteiger partial charge in [-0.15, -0.1) is 0 Å². The van der Waals surface area contributed by atoms with Crippen LogP contribution in [0.4, 0.5) is 23.0 Å². The Hall–Kier alpha value is -3.74. The number of benzene rings is 1. The number of hydrogen-bond acceptors (Lipinski definition) is 10. The third kappa shape index (κ3) is 6.78. The molecule has 0 unspecified atom stereocenters. The van der Waals surface area contributed by atoms with E-state index in [-0.39, 0.29) is 11.7 Å². The number of carbonyl (C=O) groups is 1. The first kappa shape index (κ1) is 29.9. The number of carbonyl (C=O) groups excluding carboxylic acids is 1. The molecule has 1 aromatic carbocycles. The minimum atomic E-state index is -0.640. The number of likely N-dealkylation sites (N-methyl/N-ethyl adjacent to an activating group) is 1. The molecule has 12 heteroatoms. The molecule has 45 heavy (non-hydrogen) atoms. The van der Waals surface area contributed by atoms with Crippen LogP contribution in [0.3, 0.4) is 0 Å². The van der Waals surface area contributed by atoms with E-state index in [2.05, 4.69) is 60.8 Å². The Bertz CT molecular complexity index is 1500. The second kappa shape index (κ2) is 12.9. The van der Waals surface area contributed by atoms with Gasteiger partial charge in [0.15, 0.2) is 17.3 Å². The average Bonchev–Trinajstić information content (AvgIpc) is 3.82. The Labute approximate surface area is 265 Å². The lowest BCUT2D eigenvalue weighted by Gasteiger charge is -2.43. The highest BCUT2D eigenvalue weighted by Gasteiger charge is 2.32. The molecule has 0 radical (unpaired) electrons. The molecule has 3 aromatic rings. The second-order valence-electron chi connectivity index (χ2n) is 13.2. The zero-order chi connectivity index (χ0) is 30.9. The van der Waals surface area contributed by atoms with E-state index in [0.29, 0.717) is 48.2 Å². The van der Waals surface area contributed by atoms with E-state index in [1.165, 1.54) is 63.1 Å². The van der Waals surface area contributed by atoms with Gasteiger partial charge in [0.05, 0.1) is 0 Å². The number of rotatable bonds is 9. The molecule has 1 aliphatic carbocycles. The van der Waals surface area contributed by atoms with Gasteiger partial charge in [0.25, 0.3) is 5.91 Å². The summed E-state index contributed by atoms with van der Waals surface area (Å²) in [4.78, 5) is 30.1. The predicted octanol–water partition coefficient (Wildman–Crippen LogP) is 3.70. The first-order valence-corrected chi connectivity index (χ1v) is 16.6. The SMILES string of the molecule is Cc1cc(-c2nc(C(N)=O)c(Nc3ccc(N4CCC(N5CCN(C)CC5)CC4)c(C4CC4)c3)nc2NC2CCOCC2)n[nH]1. The number of aromatic nitrogens is 4. The monoisotopic (exact) mass is 614 g/mol. The molecule has 0 spiro atoms. The fourth-order valence-electron chi connectivity index (χ4n) is 6.99. The highest BCUT2D eigenvalue weighted by Crippen LogP contribution is 2.46. The van der Waals surface area contributed by atoms with E-state index in [9.17, 15) is 4.79 Å². The van der Waals surface area contributed by atoms with Crippen LogP contribution >= 0.6 is 0 Å². The lowest BCUT2D eigenvalue weighted by atomic mass is 9.99. The van der Waals surface area contributed by atoms with Crippen molar-refractivity contribution in [3.8, 4) is 11.4 Å². The van der Waals surface area contributed by atoms with Gasteiger partial charge in [-0.05, 0) is 88.2 Å². The summed E-state index contributed by atoms with van der Waals surface area (Å²) in [6, 6.07) is 9.33. The van der Waals surface area contributed by atoms with E-state index < -0.39 is 5.91 Å². The van der Waals surface area contributed by atoms with Crippen molar-refractivity contribution >= 4 is 28.9 Å². The molecule has 1 amide bonds. The molecule has 3 saturated heterocycles. The average molecular weight is 615 g/mol. The molecular formula is C33H46N10O2. The summed E-state index contributed by atoms with van der Waals surface area (Å²) >= 11 is 0. The number of hydrogen-bond donors (Lipinski definition) is 4. The van der Waals surface area contributed by atoms with Crippen LogP contribution in [0.5, 0.6) is 0 Å². The highest BCUT2D eigenvalue weighted by atomic mass is 16.5. The first-order valence-electron chi connectivity index (χ1n) is 16.6. The van der Waals surface area contributed by atoms with Crippen LogP contribution in [0.1, 0.15) is 66.2 Å². The summed E-state index contributed by atoms with van der Waals surface area (Å²) in [6.45, 7) is 10.2. The third-order valence-corrected chi connectivity index (χ3v) is 9.81. The zero-order valence-corrected chi connectivity index (χ0v) is 26.5. The fourth-order valence-corrected chi connectivity index (χ4v) is 6.99. The topological polar surface area (TPSA) is 141 Å². The van der Waals surface area contributed by atoms with Crippen LogP contribution in [-0.2, 0) is 4.74 Å². The minimum absolute atomic E-state index is 0.0891. The maximum absolute atomic E-state index is 12.7. The van der Waals surface area contributed by atoms with Crippen molar-refractivity contribution in [2.75, 3.05) is 75.1 Å². The maximum atomic E-state index is 12.7. The number of aryl methyl sites for hydroxylation is 1. The predicted molar refractivity (Wildman–Crippen MR) is 176 cm³/mol. The Morgan fingerprint density at radius 1 is 0.956 bits per heavy atom. The smallest absolute Gasteiger partial charge is 0.271 e. The fraction of sp³-hybridized carbons (Fsp3) is 0.576. The molecule has 4 aliphatic rings. The van der Waals surface area contributed by atoms with Crippen LogP contribution in [0.2, 0.25) is 0 Å². The summed E-state index contributed by atoms with van der Waals surface area (Å²) in [5, 5.41) is 14.4. The van der Waals surface area contributed by atoms with Gasteiger partial charge >= 0.3 is 0 Å². The Morgan fingerprint density at radius 3 is 2.38 bits per heavy atom. The standard InChI is InChI=1S/C33H46N10O2/c1-21-19-27(40-39-21)29-32(35-23-9-17-45-18-10-23)38-33(30(37-29)31(34)44)36-24-5-6-28(26(20-24)22-3-4-22)43-11-7-25(8-12-43)42-15-13-41(2)14-16-42/h5-6,19-20,22-23,25H,3-4,7-18H2,1-2H3,(H2,34,44)(H,39,40)(H2,35,36,38). The number of H-pyrrole nitrogens is 1. The van der Waals surface area contributed by atoms with E-state index in [1.807, 2.05) is 13.0 Å². The number of ether oxygens (including phenoxy) is 1. The Balaban J connectivity index is 1.14. The van der Waals surface area contributed by atoms with E-state index >= 15 is 0 Å². The van der Waals surface area contributed by atoms with Crippen LogP contribution in [0.25, 0.3) is 11.4 Å². The molecule has 5 heterocycles. The van der Waals surface area contributed by atoms with Gasteiger partial charge in [0.1, 0.15) is 11.4 Å². The normalized spacial score (nSPS) is 20.8. The van der Waals surface area contributed by atoms with E-state index in [1.54, 1.807) is 0 Å². The van der Waals surface area contributed by atoms with Crippen LogP contribution in [0, 0.1) is 6.92 Å². The van der Waals surface area contributed by atoms with Crippen LogP contribution in [-0.4, -0.2) is 107 Å². The summed E-state index contributed by atoms with van der Waals surface area (Å²) in [5.41, 5.74) is 11.6. The molecule has 12 nitrogen and oxygen atoms in total. The first-order chi connectivity index (χ1) is 21.9. The Kier molecular flexibility index (Phi) is 8.61. The second-order valence-corrected chi connectivity index (χ2v) is 13.2. The quantitative estimate of drug-likeness (QED) is 0.282. The molecule has 0 bridgehead atoms. The number of piperidine rings is 1. The summed E-state index contributed by atoms with van der Waals surface area (Å²) in [5.74, 6) is 0.840. The number of anilines is 4. The number of nitrogens with two attached hydrogens (primary N) is 1. The van der Waals surface area contributed by atoms with Gasteiger partial charge in [0, 0.05) is 81.6 Å². The molecule has 1 saturated carbocycles. The van der Waals surface area contributed by atoms with Crippen LogP contribution in [0.15, 0.2) is 24.3 Å². The van der Waals surface area contributed by atoms with E-state index in [0.717, 1.165) is 37.3 Å². The zero-order valence-electron chi connectivity index (χ0n) is 26.5. The van der Waals surface area contributed by atoms with Crippen molar-refractivity contribution in [3.63, 3.8) is 0 Å².